The molecule has 0 heterocycles. The molecule has 7 heteroatoms. The first-order valence-corrected chi connectivity index (χ1v) is 12.1. The fourth-order valence-corrected chi connectivity index (χ4v) is 3.84. The lowest BCUT2D eigenvalue weighted by molar-refractivity contribution is -0.142. The molecule has 35 heavy (non-hydrogen) atoms. The Morgan fingerprint density at radius 2 is 1.69 bits per heavy atom. The highest BCUT2D eigenvalue weighted by atomic mass is 35.5. The molecule has 2 amide bonds. The fraction of sp³-hybridized carbons (Fsp3) is 0.286. The Morgan fingerprint density at radius 1 is 1.00 bits per heavy atom. The van der Waals surface area contributed by atoms with Crippen molar-refractivity contribution >= 4 is 23.4 Å². The molecule has 0 bridgehead atoms. The summed E-state index contributed by atoms with van der Waals surface area (Å²) in [5.74, 6) is -0.813. The number of unbranched alkanes of at least 4 members (excludes halogenated alkanes) is 1. The molecule has 0 aliphatic carbocycles. The summed E-state index contributed by atoms with van der Waals surface area (Å²) in [6, 6.07) is 21.7. The third-order valence-electron chi connectivity index (χ3n) is 5.59. The van der Waals surface area contributed by atoms with Gasteiger partial charge >= 0.3 is 0 Å². The largest absolute Gasteiger partial charge is 0.482 e. The van der Waals surface area contributed by atoms with Crippen LogP contribution >= 0.6 is 11.6 Å². The number of carbonyl (C=O) groups is 2. The van der Waals surface area contributed by atoms with Gasteiger partial charge in [-0.3, -0.25) is 9.59 Å². The molecule has 0 saturated heterocycles. The molecule has 3 aromatic carbocycles. The van der Waals surface area contributed by atoms with Crippen LogP contribution in [-0.4, -0.2) is 35.9 Å². The number of ether oxygens (including phenoxy) is 1. The van der Waals surface area contributed by atoms with Crippen LogP contribution in [-0.2, 0) is 22.6 Å². The first kappa shape index (κ1) is 26.2. The molecular formula is C28H30ClFN2O3. The molecule has 0 aromatic heterocycles. The number of halogens is 2. The van der Waals surface area contributed by atoms with Crippen LogP contribution in [0, 0.1) is 5.82 Å². The molecule has 0 saturated carbocycles. The maximum Gasteiger partial charge on any atom is 0.261 e. The van der Waals surface area contributed by atoms with Gasteiger partial charge in [0.1, 0.15) is 17.6 Å². The number of carbonyl (C=O) groups excluding carboxylic acids is 2. The molecule has 0 spiro atoms. The summed E-state index contributed by atoms with van der Waals surface area (Å²) in [5.41, 5.74) is 1.21. The van der Waals surface area contributed by atoms with E-state index in [1.54, 1.807) is 42.5 Å². The number of nitrogens with one attached hydrogen (secondary N) is 1. The van der Waals surface area contributed by atoms with E-state index < -0.39 is 17.8 Å². The lowest BCUT2D eigenvalue weighted by Crippen LogP contribution is -2.52. The van der Waals surface area contributed by atoms with Crippen LogP contribution in [0.15, 0.2) is 78.9 Å². The molecule has 5 nitrogen and oxygen atoms in total. The minimum Gasteiger partial charge on any atom is -0.482 e. The Balaban J connectivity index is 1.90. The highest BCUT2D eigenvalue weighted by molar-refractivity contribution is 6.32. The molecule has 0 unspecified atom stereocenters. The van der Waals surface area contributed by atoms with Gasteiger partial charge in [0.2, 0.25) is 5.91 Å². The molecule has 184 valence electrons. The van der Waals surface area contributed by atoms with Crippen LogP contribution in [0.1, 0.15) is 30.9 Å². The van der Waals surface area contributed by atoms with Crippen molar-refractivity contribution in [3.8, 4) is 5.75 Å². The van der Waals surface area contributed by atoms with Crippen molar-refractivity contribution in [3.05, 3.63) is 101 Å². The second-order valence-electron chi connectivity index (χ2n) is 8.18. The minimum atomic E-state index is -0.851. The van der Waals surface area contributed by atoms with Gasteiger partial charge in [-0.2, -0.15) is 0 Å². The molecule has 0 aliphatic heterocycles. The van der Waals surface area contributed by atoms with Gasteiger partial charge in [0, 0.05) is 25.1 Å². The van der Waals surface area contributed by atoms with Gasteiger partial charge in [-0.1, -0.05) is 85.6 Å². The zero-order valence-electron chi connectivity index (χ0n) is 19.8. The molecule has 0 aliphatic rings. The highest BCUT2D eigenvalue weighted by Crippen LogP contribution is 2.24. The van der Waals surface area contributed by atoms with Crippen molar-refractivity contribution < 1.29 is 18.7 Å². The summed E-state index contributed by atoms with van der Waals surface area (Å²) in [4.78, 5) is 28.2. The third kappa shape index (κ3) is 7.82. The van der Waals surface area contributed by atoms with Crippen LogP contribution in [0.4, 0.5) is 4.39 Å². The fourth-order valence-electron chi connectivity index (χ4n) is 3.65. The van der Waals surface area contributed by atoms with E-state index in [2.05, 4.69) is 5.32 Å². The topological polar surface area (TPSA) is 58.6 Å². The first-order valence-electron chi connectivity index (χ1n) is 11.7. The van der Waals surface area contributed by atoms with E-state index in [9.17, 15) is 14.0 Å². The number of hydrogen-bond donors (Lipinski definition) is 1. The Kier molecular flexibility index (Phi) is 10.1. The number of para-hydroxylation sites is 1. The number of rotatable bonds is 12. The Hall–Kier alpha value is -3.38. The zero-order chi connectivity index (χ0) is 25.0. The van der Waals surface area contributed by atoms with Gasteiger partial charge in [0.05, 0.1) is 5.02 Å². The van der Waals surface area contributed by atoms with E-state index in [1.807, 2.05) is 37.3 Å². The number of amides is 2. The molecular weight excluding hydrogens is 467 g/mol. The van der Waals surface area contributed by atoms with Crippen molar-refractivity contribution in [3.63, 3.8) is 0 Å². The van der Waals surface area contributed by atoms with E-state index in [0.29, 0.717) is 22.9 Å². The summed E-state index contributed by atoms with van der Waals surface area (Å²) in [6.45, 7) is 2.12. The van der Waals surface area contributed by atoms with E-state index in [-0.39, 0.29) is 25.5 Å². The summed E-state index contributed by atoms with van der Waals surface area (Å²) < 4.78 is 20.2. The van der Waals surface area contributed by atoms with E-state index in [1.165, 1.54) is 11.0 Å². The standard InChI is InChI=1S/C28H30ClFN2O3/c1-2-3-17-31-28(34)25(18-21-11-5-4-6-12-21)32(19-22-13-7-9-15-24(22)30)27(33)20-35-26-16-10-8-14-23(26)29/h4-16,25H,2-3,17-20H2,1H3,(H,31,34)/t25-/m0/s1. The van der Waals surface area contributed by atoms with E-state index in [0.717, 1.165) is 18.4 Å². The van der Waals surface area contributed by atoms with Crippen molar-refractivity contribution in [2.45, 2.75) is 38.8 Å². The van der Waals surface area contributed by atoms with Gasteiger partial charge in [-0.15, -0.1) is 0 Å². The van der Waals surface area contributed by atoms with Crippen LogP contribution in [0.2, 0.25) is 5.02 Å². The van der Waals surface area contributed by atoms with Gasteiger partial charge in [-0.25, -0.2) is 4.39 Å². The van der Waals surface area contributed by atoms with Gasteiger partial charge in [0.15, 0.2) is 6.61 Å². The second-order valence-corrected chi connectivity index (χ2v) is 8.59. The van der Waals surface area contributed by atoms with Gasteiger partial charge < -0.3 is 15.0 Å². The quantitative estimate of drug-likeness (QED) is 0.341. The summed E-state index contributed by atoms with van der Waals surface area (Å²) in [7, 11) is 0. The third-order valence-corrected chi connectivity index (χ3v) is 5.90. The molecule has 1 N–H and O–H groups in total. The number of hydrogen-bond acceptors (Lipinski definition) is 3. The first-order chi connectivity index (χ1) is 17.0. The summed E-state index contributed by atoms with van der Waals surface area (Å²) >= 11 is 6.17. The molecule has 3 rings (SSSR count). The van der Waals surface area contributed by atoms with Crippen molar-refractivity contribution in [2.75, 3.05) is 13.2 Å². The lowest BCUT2D eigenvalue weighted by atomic mass is 10.0. The maximum atomic E-state index is 14.6. The molecule has 0 radical (unpaired) electrons. The maximum absolute atomic E-state index is 14.6. The average Bonchev–Trinajstić information content (AvgIpc) is 2.87. The van der Waals surface area contributed by atoms with Crippen LogP contribution in [0.3, 0.4) is 0 Å². The Morgan fingerprint density at radius 3 is 2.40 bits per heavy atom. The highest BCUT2D eigenvalue weighted by Gasteiger charge is 2.31. The summed E-state index contributed by atoms with van der Waals surface area (Å²) in [6.07, 6.45) is 2.03. The van der Waals surface area contributed by atoms with Crippen LogP contribution < -0.4 is 10.1 Å². The summed E-state index contributed by atoms with van der Waals surface area (Å²) in [5, 5.41) is 3.31. The predicted molar refractivity (Wildman–Crippen MR) is 136 cm³/mol. The average molecular weight is 497 g/mol. The van der Waals surface area contributed by atoms with Gasteiger partial charge in [-0.05, 0) is 30.2 Å². The van der Waals surface area contributed by atoms with E-state index >= 15 is 0 Å². The van der Waals surface area contributed by atoms with Crippen LogP contribution in [0.5, 0.6) is 5.75 Å². The predicted octanol–water partition coefficient (Wildman–Crippen LogP) is 5.41. The molecule has 1 atom stereocenters. The zero-order valence-corrected chi connectivity index (χ0v) is 20.5. The van der Waals surface area contributed by atoms with Crippen molar-refractivity contribution in [1.82, 2.24) is 10.2 Å². The van der Waals surface area contributed by atoms with Gasteiger partial charge in [0.25, 0.3) is 5.91 Å². The lowest BCUT2D eigenvalue weighted by Gasteiger charge is -2.31. The van der Waals surface area contributed by atoms with E-state index in [4.69, 9.17) is 16.3 Å². The molecule has 3 aromatic rings. The second kappa shape index (κ2) is 13.5. The minimum absolute atomic E-state index is 0.0733. The Bertz CT molecular complexity index is 1110. The normalized spacial score (nSPS) is 11.5. The van der Waals surface area contributed by atoms with Crippen molar-refractivity contribution in [1.29, 1.82) is 0 Å². The molecule has 0 fully saturated rings. The Labute approximate surface area is 210 Å². The SMILES string of the molecule is CCCCNC(=O)[C@H](Cc1ccccc1)N(Cc1ccccc1F)C(=O)COc1ccccc1Cl. The monoisotopic (exact) mass is 496 g/mol. The smallest absolute Gasteiger partial charge is 0.261 e. The van der Waals surface area contributed by atoms with Crippen LogP contribution in [0.25, 0.3) is 0 Å². The number of nitrogens with zero attached hydrogens (tertiary/aromatic N) is 1. The number of benzene rings is 3. The van der Waals surface area contributed by atoms with Crippen molar-refractivity contribution in [2.24, 2.45) is 0 Å².